The predicted molar refractivity (Wildman–Crippen MR) is 117 cm³/mol. The van der Waals surface area contributed by atoms with Crippen molar-refractivity contribution in [2.75, 3.05) is 5.32 Å². The molecule has 0 spiro atoms. The number of para-hydroxylation sites is 1. The number of aryl methyl sites for hydroxylation is 1. The van der Waals surface area contributed by atoms with Gasteiger partial charge < -0.3 is 10.6 Å². The molecule has 0 unspecified atom stereocenters. The molecule has 0 aliphatic heterocycles. The van der Waals surface area contributed by atoms with Crippen LogP contribution in [0, 0.1) is 0 Å². The van der Waals surface area contributed by atoms with E-state index in [1.807, 2.05) is 61.5 Å². The van der Waals surface area contributed by atoms with E-state index in [-0.39, 0.29) is 24.3 Å². The molecule has 0 bridgehead atoms. The summed E-state index contributed by atoms with van der Waals surface area (Å²) >= 11 is 6.15. The quantitative estimate of drug-likeness (QED) is 0.551. The van der Waals surface area contributed by atoms with E-state index in [4.69, 9.17) is 11.6 Å². The second-order valence-corrected chi connectivity index (χ2v) is 7.20. The minimum atomic E-state index is -0.233. The number of hydrogen-bond donors (Lipinski definition) is 2. The Kier molecular flexibility index (Phi) is 7.04. The monoisotopic (exact) mass is 406 g/mol. The van der Waals surface area contributed by atoms with Gasteiger partial charge >= 0.3 is 0 Å². The average molecular weight is 407 g/mol. The molecule has 0 saturated carbocycles. The summed E-state index contributed by atoms with van der Waals surface area (Å²) in [6.45, 7) is 1.93. The number of rotatable bonds is 7. The number of anilines is 1. The topological polar surface area (TPSA) is 58.2 Å². The van der Waals surface area contributed by atoms with Crippen LogP contribution in [0.2, 0.25) is 5.02 Å². The molecule has 0 heterocycles. The van der Waals surface area contributed by atoms with Gasteiger partial charge in [-0.15, -0.1) is 0 Å². The maximum atomic E-state index is 12.8. The van der Waals surface area contributed by atoms with Crippen LogP contribution in [0.1, 0.15) is 40.9 Å². The highest BCUT2D eigenvalue weighted by molar-refractivity contribution is 6.31. The molecule has 5 heteroatoms. The molecule has 29 heavy (non-hydrogen) atoms. The molecule has 3 rings (SSSR count). The summed E-state index contributed by atoms with van der Waals surface area (Å²) in [5, 5.41) is 6.48. The summed E-state index contributed by atoms with van der Waals surface area (Å²) in [7, 11) is 0. The van der Waals surface area contributed by atoms with Crippen LogP contribution < -0.4 is 10.6 Å². The zero-order valence-electron chi connectivity index (χ0n) is 16.2. The summed E-state index contributed by atoms with van der Waals surface area (Å²) in [5.74, 6) is -0.398. The van der Waals surface area contributed by atoms with E-state index < -0.39 is 0 Å². The third kappa shape index (κ3) is 5.69. The molecule has 0 aliphatic carbocycles. The van der Waals surface area contributed by atoms with Gasteiger partial charge in [-0.05, 0) is 42.7 Å². The predicted octanol–water partition coefficient (Wildman–Crippen LogP) is 5.40. The molecule has 4 nitrogen and oxygen atoms in total. The van der Waals surface area contributed by atoms with Crippen LogP contribution in [0.5, 0.6) is 0 Å². The second kappa shape index (κ2) is 9.89. The lowest BCUT2D eigenvalue weighted by atomic mass is 10.1. The van der Waals surface area contributed by atoms with Crippen molar-refractivity contribution in [3.05, 3.63) is 101 Å². The van der Waals surface area contributed by atoms with Crippen molar-refractivity contribution in [3.63, 3.8) is 0 Å². The lowest BCUT2D eigenvalue weighted by molar-refractivity contribution is -0.116. The van der Waals surface area contributed by atoms with E-state index in [0.717, 1.165) is 11.1 Å². The molecule has 2 N–H and O–H groups in total. The van der Waals surface area contributed by atoms with Crippen LogP contribution in [-0.4, -0.2) is 11.8 Å². The first-order chi connectivity index (χ1) is 14.0. The Balaban J connectivity index is 1.64. The fourth-order valence-electron chi connectivity index (χ4n) is 3.05. The Morgan fingerprint density at radius 2 is 1.55 bits per heavy atom. The first-order valence-corrected chi connectivity index (χ1v) is 9.90. The summed E-state index contributed by atoms with van der Waals surface area (Å²) in [6, 6.07) is 24.1. The highest BCUT2D eigenvalue weighted by Crippen LogP contribution is 2.20. The molecule has 1 atom stereocenters. The Hall–Kier alpha value is -3.11. The van der Waals surface area contributed by atoms with Gasteiger partial charge in [-0.25, -0.2) is 0 Å². The molecule has 3 aromatic rings. The number of amides is 2. The van der Waals surface area contributed by atoms with Crippen molar-refractivity contribution < 1.29 is 9.59 Å². The Labute approximate surface area is 175 Å². The van der Waals surface area contributed by atoms with Gasteiger partial charge in [0, 0.05) is 11.4 Å². The average Bonchev–Trinajstić information content (AvgIpc) is 2.74. The van der Waals surface area contributed by atoms with Crippen molar-refractivity contribution in [1.82, 2.24) is 5.32 Å². The molecular weight excluding hydrogens is 384 g/mol. The van der Waals surface area contributed by atoms with Gasteiger partial charge in [0.2, 0.25) is 5.91 Å². The largest absolute Gasteiger partial charge is 0.345 e. The minimum Gasteiger partial charge on any atom is -0.345 e. The first kappa shape index (κ1) is 20.6. The van der Waals surface area contributed by atoms with E-state index >= 15 is 0 Å². The van der Waals surface area contributed by atoms with Gasteiger partial charge in [0.05, 0.1) is 17.3 Å². The van der Waals surface area contributed by atoms with Gasteiger partial charge in [-0.1, -0.05) is 72.3 Å². The molecule has 0 fully saturated rings. The molecule has 0 saturated heterocycles. The van der Waals surface area contributed by atoms with Crippen LogP contribution >= 0.6 is 11.6 Å². The zero-order valence-corrected chi connectivity index (χ0v) is 16.9. The van der Waals surface area contributed by atoms with Crippen LogP contribution in [0.25, 0.3) is 0 Å². The van der Waals surface area contributed by atoms with E-state index in [1.54, 1.807) is 24.3 Å². The van der Waals surface area contributed by atoms with Crippen LogP contribution in [0.4, 0.5) is 5.69 Å². The number of halogens is 1. The van der Waals surface area contributed by atoms with Crippen LogP contribution in [0.15, 0.2) is 78.9 Å². The third-order valence-corrected chi connectivity index (χ3v) is 5.04. The Bertz CT molecular complexity index is 989. The Morgan fingerprint density at radius 1 is 0.897 bits per heavy atom. The molecule has 0 aromatic heterocycles. The van der Waals surface area contributed by atoms with Gasteiger partial charge in [0.1, 0.15) is 0 Å². The van der Waals surface area contributed by atoms with Crippen molar-refractivity contribution >= 4 is 29.1 Å². The maximum absolute atomic E-state index is 12.8. The van der Waals surface area contributed by atoms with Crippen LogP contribution in [0.3, 0.4) is 0 Å². The lowest BCUT2D eigenvalue weighted by Gasteiger charge is -2.16. The van der Waals surface area contributed by atoms with Gasteiger partial charge in [-0.2, -0.15) is 0 Å². The number of nitrogens with one attached hydrogen (secondary N) is 2. The van der Waals surface area contributed by atoms with Crippen molar-refractivity contribution in [1.29, 1.82) is 0 Å². The van der Waals surface area contributed by atoms with Crippen LogP contribution in [-0.2, 0) is 11.2 Å². The second-order valence-electron chi connectivity index (χ2n) is 6.79. The van der Waals surface area contributed by atoms with Crippen molar-refractivity contribution in [3.8, 4) is 0 Å². The number of carbonyl (C=O) groups is 2. The standard InChI is InChI=1S/C24H23ClN2O2/c1-17(18-9-3-2-4-10-18)26-24(29)20-12-6-8-14-22(20)27-23(28)16-15-19-11-5-7-13-21(19)25/h2-14,17H,15-16H2,1H3,(H,26,29)(H,27,28)/t17-/m1/s1. The first-order valence-electron chi connectivity index (χ1n) is 9.52. The molecule has 148 valence electrons. The highest BCUT2D eigenvalue weighted by Gasteiger charge is 2.16. The smallest absolute Gasteiger partial charge is 0.253 e. The molecule has 0 radical (unpaired) electrons. The lowest BCUT2D eigenvalue weighted by Crippen LogP contribution is -2.28. The van der Waals surface area contributed by atoms with E-state index in [9.17, 15) is 9.59 Å². The maximum Gasteiger partial charge on any atom is 0.253 e. The van der Waals surface area contributed by atoms with E-state index in [1.165, 1.54) is 0 Å². The fourth-order valence-corrected chi connectivity index (χ4v) is 3.28. The molecule has 0 aliphatic rings. The minimum absolute atomic E-state index is 0.146. The van der Waals surface area contributed by atoms with Gasteiger partial charge in [-0.3, -0.25) is 9.59 Å². The summed E-state index contributed by atoms with van der Waals surface area (Å²) in [4.78, 5) is 25.2. The fraction of sp³-hybridized carbons (Fsp3) is 0.167. The van der Waals surface area contributed by atoms with Gasteiger partial charge in [0.15, 0.2) is 0 Å². The summed E-state index contributed by atoms with van der Waals surface area (Å²) in [6.07, 6.45) is 0.811. The number of carbonyl (C=O) groups excluding carboxylic acids is 2. The molecule has 2 amide bonds. The number of benzene rings is 3. The Morgan fingerprint density at radius 3 is 2.31 bits per heavy atom. The highest BCUT2D eigenvalue weighted by atomic mass is 35.5. The molecule has 3 aromatic carbocycles. The number of hydrogen-bond acceptors (Lipinski definition) is 2. The van der Waals surface area contributed by atoms with E-state index in [0.29, 0.717) is 22.7 Å². The third-order valence-electron chi connectivity index (χ3n) is 4.67. The molecular formula is C24H23ClN2O2. The van der Waals surface area contributed by atoms with E-state index in [2.05, 4.69) is 10.6 Å². The summed E-state index contributed by atoms with van der Waals surface area (Å²) in [5.41, 5.74) is 2.87. The van der Waals surface area contributed by atoms with Gasteiger partial charge in [0.25, 0.3) is 5.91 Å². The summed E-state index contributed by atoms with van der Waals surface area (Å²) < 4.78 is 0. The SMILES string of the molecule is C[C@@H](NC(=O)c1ccccc1NC(=O)CCc1ccccc1Cl)c1ccccc1. The van der Waals surface area contributed by atoms with Crippen molar-refractivity contribution in [2.45, 2.75) is 25.8 Å². The zero-order chi connectivity index (χ0) is 20.6. The normalized spacial score (nSPS) is 11.5. The van der Waals surface area contributed by atoms with Crippen molar-refractivity contribution in [2.24, 2.45) is 0 Å².